The molecule has 0 saturated carbocycles. The monoisotopic (exact) mass is 226 g/mol. The van der Waals surface area contributed by atoms with Crippen LogP contribution in [0.4, 0.5) is 4.39 Å². The molecule has 0 bridgehead atoms. The van der Waals surface area contributed by atoms with Crippen molar-refractivity contribution >= 4 is 11.6 Å². The SMILES string of the molecule is Cc1cn(O)c(-c2cccc(Cl)c2F)n1. The number of hydrogen-bond donors (Lipinski definition) is 1. The summed E-state index contributed by atoms with van der Waals surface area (Å²) in [6.45, 7) is 1.71. The van der Waals surface area contributed by atoms with E-state index in [1.54, 1.807) is 13.0 Å². The van der Waals surface area contributed by atoms with Crippen molar-refractivity contribution in [3.63, 3.8) is 0 Å². The Morgan fingerprint density at radius 3 is 2.80 bits per heavy atom. The van der Waals surface area contributed by atoms with Gasteiger partial charge >= 0.3 is 0 Å². The van der Waals surface area contributed by atoms with E-state index in [1.165, 1.54) is 18.3 Å². The van der Waals surface area contributed by atoms with Gasteiger partial charge in [-0.05, 0) is 19.1 Å². The van der Waals surface area contributed by atoms with E-state index in [0.29, 0.717) is 5.69 Å². The number of halogens is 2. The largest absolute Gasteiger partial charge is 0.427 e. The molecule has 2 rings (SSSR count). The number of hydrogen-bond acceptors (Lipinski definition) is 2. The highest BCUT2D eigenvalue weighted by Crippen LogP contribution is 2.26. The highest BCUT2D eigenvalue weighted by atomic mass is 35.5. The van der Waals surface area contributed by atoms with Crippen molar-refractivity contribution in [2.24, 2.45) is 0 Å². The molecule has 0 atom stereocenters. The Morgan fingerprint density at radius 1 is 1.47 bits per heavy atom. The normalized spacial score (nSPS) is 10.6. The molecular weight excluding hydrogens is 219 g/mol. The molecule has 1 N–H and O–H groups in total. The van der Waals surface area contributed by atoms with Gasteiger partial charge in [0.15, 0.2) is 11.6 Å². The molecule has 0 radical (unpaired) electrons. The first kappa shape index (κ1) is 9.98. The summed E-state index contributed by atoms with van der Waals surface area (Å²) in [6, 6.07) is 4.55. The summed E-state index contributed by atoms with van der Waals surface area (Å²) in [6.07, 6.45) is 1.40. The Kier molecular flexibility index (Phi) is 2.36. The molecule has 0 aliphatic rings. The minimum Gasteiger partial charge on any atom is -0.427 e. The molecule has 1 aromatic heterocycles. The van der Waals surface area contributed by atoms with E-state index in [4.69, 9.17) is 11.6 Å². The maximum absolute atomic E-state index is 13.6. The molecule has 0 spiro atoms. The molecule has 78 valence electrons. The summed E-state index contributed by atoms with van der Waals surface area (Å²) >= 11 is 5.63. The van der Waals surface area contributed by atoms with Crippen molar-refractivity contribution in [1.82, 2.24) is 9.71 Å². The Morgan fingerprint density at radius 2 is 2.20 bits per heavy atom. The summed E-state index contributed by atoms with van der Waals surface area (Å²) in [4.78, 5) is 4.00. The van der Waals surface area contributed by atoms with Crippen LogP contribution >= 0.6 is 11.6 Å². The number of aromatic nitrogens is 2. The van der Waals surface area contributed by atoms with E-state index >= 15 is 0 Å². The number of benzene rings is 1. The van der Waals surface area contributed by atoms with Crippen LogP contribution in [-0.4, -0.2) is 14.9 Å². The molecule has 5 heteroatoms. The number of rotatable bonds is 1. The van der Waals surface area contributed by atoms with Crippen molar-refractivity contribution in [3.05, 3.63) is 40.9 Å². The van der Waals surface area contributed by atoms with Crippen molar-refractivity contribution in [2.75, 3.05) is 0 Å². The Balaban J connectivity index is 2.64. The molecule has 2 aromatic rings. The highest BCUT2D eigenvalue weighted by molar-refractivity contribution is 6.31. The third kappa shape index (κ3) is 1.68. The van der Waals surface area contributed by atoms with Gasteiger partial charge in [-0.2, -0.15) is 4.73 Å². The van der Waals surface area contributed by atoms with Crippen LogP contribution in [0.2, 0.25) is 5.02 Å². The van der Waals surface area contributed by atoms with E-state index < -0.39 is 5.82 Å². The van der Waals surface area contributed by atoms with Crippen molar-refractivity contribution in [2.45, 2.75) is 6.92 Å². The second-order valence-corrected chi connectivity index (χ2v) is 3.56. The van der Waals surface area contributed by atoms with Crippen LogP contribution in [-0.2, 0) is 0 Å². The van der Waals surface area contributed by atoms with Gasteiger partial charge in [-0.15, -0.1) is 0 Å². The summed E-state index contributed by atoms with van der Waals surface area (Å²) in [5.41, 5.74) is 0.782. The molecule has 0 unspecified atom stereocenters. The van der Waals surface area contributed by atoms with E-state index in [2.05, 4.69) is 4.98 Å². The van der Waals surface area contributed by atoms with Crippen LogP contribution in [0.3, 0.4) is 0 Å². The fourth-order valence-corrected chi connectivity index (χ4v) is 1.52. The Hall–Kier alpha value is -1.55. The molecule has 0 aliphatic heterocycles. The van der Waals surface area contributed by atoms with E-state index in [0.717, 1.165) is 4.73 Å². The fourth-order valence-electron chi connectivity index (χ4n) is 1.35. The predicted molar refractivity (Wildman–Crippen MR) is 54.6 cm³/mol. The van der Waals surface area contributed by atoms with Crippen LogP contribution in [0.1, 0.15) is 5.69 Å². The first-order chi connectivity index (χ1) is 7.09. The number of imidazole rings is 1. The zero-order valence-corrected chi connectivity index (χ0v) is 8.66. The zero-order valence-electron chi connectivity index (χ0n) is 7.91. The topological polar surface area (TPSA) is 38.0 Å². The fraction of sp³-hybridized carbons (Fsp3) is 0.100. The average molecular weight is 227 g/mol. The lowest BCUT2D eigenvalue weighted by molar-refractivity contribution is 0.190. The maximum atomic E-state index is 13.6. The molecule has 0 saturated heterocycles. The lowest BCUT2D eigenvalue weighted by atomic mass is 10.2. The van der Waals surface area contributed by atoms with Gasteiger partial charge in [0.05, 0.1) is 22.5 Å². The standard InChI is InChI=1S/C10H8ClFN2O/c1-6-5-14(15)10(13-6)7-3-2-4-8(11)9(7)12/h2-5,15H,1H3. The van der Waals surface area contributed by atoms with Gasteiger partial charge in [0.1, 0.15) is 0 Å². The minimum absolute atomic E-state index is 0.00755. The van der Waals surface area contributed by atoms with Crippen LogP contribution in [0.5, 0.6) is 0 Å². The van der Waals surface area contributed by atoms with Gasteiger partial charge in [-0.1, -0.05) is 17.7 Å². The molecular formula is C10H8ClFN2O. The molecule has 15 heavy (non-hydrogen) atoms. The lowest BCUT2D eigenvalue weighted by Gasteiger charge is -2.02. The third-order valence-electron chi connectivity index (χ3n) is 2.00. The van der Waals surface area contributed by atoms with Crippen LogP contribution < -0.4 is 0 Å². The summed E-state index contributed by atoms with van der Waals surface area (Å²) in [5.74, 6) is -0.437. The van der Waals surface area contributed by atoms with Gasteiger partial charge in [-0.3, -0.25) is 0 Å². The lowest BCUT2D eigenvalue weighted by Crippen LogP contribution is -1.95. The molecule has 0 aliphatic carbocycles. The van der Waals surface area contributed by atoms with E-state index in [1.807, 2.05) is 0 Å². The highest BCUT2D eigenvalue weighted by Gasteiger charge is 2.14. The van der Waals surface area contributed by atoms with Gasteiger partial charge in [0.2, 0.25) is 0 Å². The van der Waals surface area contributed by atoms with Crippen LogP contribution in [0.25, 0.3) is 11.4 Å². The zero-order chi connectivity index (χ0) is 11.0. The molecule has 1 heterocycles. The first-order valence-electron chi connectivity index (χ1n) is 4.29. The molecule has 1 aromatic carbocycles. The minimum atomic E-state index is -0.583. The van der Waals surface area contributed by atoms with Gasteiger partial charge in [-0.25, -0.2) is 9.37 Å². The molecule has 0 fully saturated rings. The quantitative estimate of drug-likeness (QED) is 0.760. The van der Waals surface area contributed by atoms with Gasteiger partial charge in [0, 0.05) is 0 Å². The van der Waals surface area contributed by atoms with E-state index in [-0.39, 0.29) is 16.4 Å². The number of nitrogens with zero attached hydrogens (tertiary/aromatic N) is 2. The van der Waals surface area contributed by atoms with Crippen molar-refractivity contribution in [1.29, 1.82) is 0 Å². The first-order valence-corrected chi connectivity index (χ1v) is 4.67. The summed E-state index contributed by atoms with van der Waals surface area (Å²) < 4.78 is 14.4. The number of aryl methyl sites for hydroxylation is 1. The predicted octanol–water partition coefficient (Wildman–Crippen LogP) is 2.89. The Bertz CT molecular complexity index is 510. The van der Waals surface area contributed by atoms with Crippen molar-refractivity contribution in [3.8, 4) is 11.4 Å². The van der Waals surface area contributed by atoms with Gasteiger partial charge in [0.25, 0.3) is 0 Å². The summed E-state index contributed by atoms with van der Waals surface area (Å²) in [7, 11) is 0. The average Bonchev–Trinajstić information content (AvgIpc) is 2.50. The Labute approximate surface area is 90.7 Å². The van der Waals surface area contributed by atoms with Crippen LogP contribution in [0, 0.1) is 12.7 Å². The van der Waals surface area contributed by atoms with E-state index in [9.17, 15) is 9.60 Å². The summed E-state index contributed by atoms with van der Waals surface area (Å²) in [5, 5.41) is 9.45. The second kappa shape index (κ2) is 3.55. The van der Waals surface area contributed by atoms with Gasteiger partial charge < -0.3 is 5.21 Å². The second-order valence-electron chi connectivity index (χ2n) is 3.15. The van der Waals surface area contributed by atoms with Crippen molar-refractivity contribution < 1.29 is 9.60 Å². The third-order valence-corrected chi connectivity index (χ3v) is 2.29. The molecule has 3 nitrogen and oxygen atoms in total. The molecule has 0 amide bonds. The van der Waals surface area contributed by atoms with Crippen LogP contribution in [0.15, 0.2) is 24.4 Å². The smallest absolute Gasteiger partial charge is 0.178 e. The maximum Gasteiger partial charge on any atom is 0.178 e.